The van der Waals surface area contributed by atoms with Crippen LogP contribution in [-0.4, -0.2) is 24.7 Å². The van der Waals surface area contributed by atoms with Crippen molar-refractivity contribution in [1.29, 1.82) is 0 Å². The fraction of sp³-hybridized carbons (Fsp3) is 0.650. The second-order valence-electron chi connectivity index (χ2n) is 6.36. The molecule has 0 aromatic heterocycles. The third-order valence-corrected chi connectivity index (χ3v) is 3.99. The van der Waals surface area contributed by atoms with E-state index < -0.39 is 5.60 Å². The van der Waals surface area contributed by atoms with E-state index in [4.69, 9.17) is 9.47 Å². The van der Waals surface area contributed by atoms with Crippen LogP contribution in [0.25, 0.3) is 0 Å². The van der Waals surface area contributed by atoms with Crippen molar-refractivity contribution in [2.24, 2.45) is 0 Å². The number of carbonyl (C=O) groups excluding carboxylic acids is 1. The molecule has 1 amide bonds. The number of nitrogens with one attached hydrogen (secondary N) is 1. The quantitative estimate of drug-likeness (QED) is 0.535. The minimum absolute atomic E-state index is 0.0796. The van der Waals surface area contributed by atoms with Gasteiger partial charge in [0, 0.05) is 12.3 Å². The van der Waals surface area contributed by atoms with Crippen LogP contribution in [0.4, 0.5) is 5.69 Å². The van der Waals surface area contributed by atoms with Gasteiger partial charge in [-0.25, -0.2) is 0 Å². The Morgan fingerprint density at radius 2 is 1.67 bits per heavy atom. The Balaban J connectivity index is 2.65. The lowest BCUT2D eigenvalue weighted by Gasteiger charge is -2.28. The normalized spacial score (nSPS) is 13.3. The first kappa shape index (κ1) is 20.5. The van der Waals surface area contributed by atoms with Gasteiger partial charge in [0.2, 0.25) is 0 Å². The zero-order chi connectivity index (χ0) is 17.8. The van der Waals surface area contributed by atoms with Gasteiger partial charge in [-0.15, -0.1) is 0 Å². The lowest BCUT2D eigenvalue weighted by molar-refractivity contribution is -0.140. The van der Waals surface area contributed by atoms with Crippen molar-refractivity contribution >= 4 is 11.6 Å². The minimum Gasteiger partial charge on any atom is -0.494 e. The Labute approximate surface area is 146 Å². The molecule has 136 valence electrons. The Morgan fingerprint density at radius 1 is 1.00 bits per heavy atom. The van der Waals surface area contributed by atoms with Crippen molar-refractivity contribution in [3.05, 3.63) is 24.3 Å². The third-order valence-electron chi connectivity index (χ3n) is 3.99. The first-order chi connectivity index (χ1) is 11.6. The van der Waals surface area contributed by atoms with Gasteiger partial charge in [-0.2, -0.15) is 0 Å². The maximum Gasteiger partial charge on any atom is 0.256 e. The van der Waals surface area contributed by atoms with Gasteiger partial charge in [0.05, 0.1) is 6.61 Å². The smallest absolute Gasteiger partial charge is 0.256 e. The topological polar surface area (TPSA) is 47.6 Å². The summed E-state index contributed by atoms with van der Waals surface area (Å²) in [6.45, 7) is 9.51. The summed E-state index contributed by atoms with van der Waals surface area (Å²) in [5, 5.41) is 2.98. The predicted molar refractivity (Wildman–Crippen MR) is 99.6 cm³/mol. The van der Waals surface area contributed by atoms with Crippen LogP contribution in [0.3, 0.4) is 0 Å². The monoisotopic (exact) mass is 335 g/mol. The van der Waals surface area contributed by atoms with Crippen molar-refractivity contribution in [2.45, 2.75) is 71.8 Å². The van der Waals surface area contributed by atoms with Crippen LogP contribution in [0.1, 0.15) is 66.2 Å². The number of hydrogen-bond donors (Lipinski definition) is 1. The molecule has 0 aliphatic rings. The van der Waals surface area contributed by atoms with Gasteiger partial charge in [0.1, 0.15) is 11.4 Å². The summed E-state index contributed by atoms with van der Waals surface area (Å²) in [4.78, 5) is 12.7. The zero-order valence-electron chi connectivity index (χ0n) is 15.7. The molecule has 0 unspecified atom stereocenters. The summed E-state index contributed by atoms with van der Waals surface area (Å²) < 4.78 is 11.5. The molecule has 0 spiro atoms. The highest BCUT2D eigenvalue weighted by Gasteiger charge is 2.33. The molecule has 0 radical (unpaired) electrons. The van der Waals surface area contributed by atoms with Crippen molar-refractivity contribution in [1.82, 2.24) is 0 Å². The number of rotatable bonds is 12. The van der Waals surface area contributed by atoms with E-state index in [1.807, 2.05) is 31.2 Å². The summed E-state index contributed by atoms with van der Waals surface area (Å²) in [6, 6.07) is 7.53. The molecule has 1 aromatic carbocycles. The molecule has 0 aliphatic heterocycles. The Kier molecular flexibility index (Phi) is 9.46. The first-order valence-electron chi connectivity index (χ1n) is 9.24. The van der Waals surface area contributed by atoms with Crippen molar-refractivity contribution in [3.8, 4) is 5.75 Å². The highest BCUT2D eigenvalue weighted by molar-refractivity contribution is 5.97. The summed E-state index contributed by atoms with van der Waals surface area (Å²) in [6.07, 6.45) is 5.80. The molecule has 0 fully saturated rings. The molecule has 0 saturated carbocycles. The lowest BCUT2D eigenvalue weighted by atomic mass is 9.97. The SMILES string of the molecule is CCCCOc1ccc(NC(=O)[C@](C)(CCCC)OCCC)cc1. The van der Waals surface area contributed by atoms with Crippen LogP contribution >= 0.6 is 0 Å². The number of ether oxygens (including phenoxy) is 2. The van der Waals surface area contributed by atoms with E-state index in [1.165, 1.54) is 0 Å². The number of benzene rings is 1. The lowest BCUT2D eigenvalue weighted by Crippen LogP contribution is -2.43. The summed E-state index contributed by atoms with van der Waals surface area (Å²) in [7, 11) is 0. The molecular formula is C20H33NO3. The van der Waals surface area contributed by atoms with E-state index >= 15 is 0 Å². The summed E-state index contributed by atoms with van der Waals surface area (Å²) in [5.74, 6) is 0.751. The van der Waals surface area contributed by atoms with Crippen LogP contribution < -0.4 is 10.1 Å². The van der Waals surface area contributed by atoms with Gasteiger partial charge >= 0.3 is 0 Å². The van der Waals surface area contributed by atoms with Gasteiger partial charge in [-0.05, 0) is 50.5 Å². The molecule has 4 heteroatoms. The zero-order valence-corrected chi connectivity index (χ0v) is 15.7. The standard InChI is InChI=1S/C20H33NO3/c1-5-8-14-20(4,24-15-7-3)19(22)21-17-10-12-18(13-11-17)23-16-9-6-2/h10-13H,5-9,14-16H2,1-4H3,(H,21,22)/t20-/m0/s1. The van der Waals surface area contributed by atoms with Crippen molar-refractivity contribution < 1.29 is 14.3 Å². The van der Waals surface area contributed by atoms with Crippen LogP contribution in [0, 0.1) is 0 Å². The fourth-order valence-corrected chi connectivity index (χ4v) is 2.32. The van der Waals surface area contributed by atoms with E-state index in [0.29, 0.717) is 6.61 Å². The molecule has 1 aromatic rings. The maximum atomic E-state index is 12.7. The van der Waals surface area contributed by atoms with Gasteiger partial charge in [-0.1, -0.05) is 40.0 Å². The first-order valence-corrected chi connectivity index (χ1v) is 9.24. The molecule has 1 N–H and O–H groups in total. The molecule has 0 bridgehead atoms. The summed E-state index contributed by atoms with van der Waals surface area (Å²) in [5.41, 5.74) is -0.00635. The molecule has 0 heterocycles. The molecular weight excluding hydrogens is 302 g/mol. The molecule has 0 aliphatic carbocycles. The summed E-state index contributed by atoms with van der Waals surface area (Å²) >= 11 is 0. The van der Waals surface area contributed by atoms with Gasteiger partial charge < -0.3 is 14.8 Å². The van der Waals surface area contributed by atoms with Crippen molar-refractivity contribution in [2.75, 3.05) is 18.5 Å². The third kappa shape index (κ3) is 6.91. The highest BCUT2D eigenvalue weighted by Crippen LogP contribution is 2.23. The van der Waals surface area contributed by atoms with E-state index in [1.54, 1.807) is 0 Å². The Bertz CT molecular complexity index is 462. The Morgan fingerprint density at radius 3 is 2.25 bits per heavy atom. The van der Waals surface area contributed by atoms with Crippen LogP contribution in [-0.2, 0) is 9.53 Å². The second kappa shape index (κ2) is 11.1. The number of hydrogen-bond acceptors (Lipinski definition) is 3. The largest absolute Gasteiger partial charge is 0.494 e. The maximum absolute atomic E-state index is 12.7. The van der Waals surface area contributed by atoms with Crippen molar-refractivity contribution in [3.63, 3.8) is 0 Å². The van der Waals surface area contributed by atoms with E-state index in [9.17, 15) is 4.79 Å². The van der Waals surface area contributed by atoms with E-state index in [-0.39, 0.29) is 5.91 Å². The van der Waals surface area contributed by atoms with E-state index in [2.05, 4.69) is 26.1 Å². The van der Waals surface area contributed by atoms with E-state index in [0.717, 1.165) is 56.6 Å². The van der Waals surface area contributed by atoms with Gasteiger partial charge in [0.25, 0.3) is 5.91 Å². The van der Waals surface area contributed by atoms with Crippen LogP contribution in [0.2, 0.25) is 0 Å². The average molecular weight is 335 g/mol. The molecule has 24 heavy (non-hydrogen) atoms. The van der Waals surface area contributed by atoms with Crippen LogP contribution in [0.5, 0.6) is 5.75 Å². The molecule has 4 nitrogen and oxygen atoms in total. The molecule has 1 atom stereocenters. The molecule has 0 saturated heterocycles. The fourth-order valence-electron chi connectivity index (χ4n) is 2.32. The van der Waals surface area contributed by atoms with Gasteiger partial charge in [0.15, 0.2) is 0 Å². The molecule has 1 rings (SSSR count). The number of amides is 1. The Hall–Kier alpha value is -1.55. The number of unbranched alkanes of at least 4 members (excludes halogenated alkanes) is 2. The number of carbonyl (C=O) groups is 1. The average Bonchev–Trinajstić information content (AvgIpc) is 2.60. The predicted octanol–water partition coefficient (Wildman–Crippen LogP) is 5.18. The number of anilines is 1. The highest BCUT2D eigenvalue weighted by atomic mass is 16.5. The second-order valence-corrected chi connectivity index (χ2v) is 6.36. The minimum atomic E-state index is -0.775. The van der Waals surface area contributed by atoms with Crippen LogP contribution in [0.15, 0.2) is 24.3 Å². The van der Waals surface area contributed by atoms with Gasteiger partial charge in [-0.3, -0.25) is 4.79 Å².